The van der Waals surface area contributed by atoms with Crippen LogP contribution in [0.3, 0.4) is 0 Å². The highest BCUT2D eigenvalue weighted by molar-refractivity contribution is 8.02. The summed E-state index contributed by atoms with van der Waals surface area (Å²) >= 11 is 1.41. The predicted molar refractivity (Wildman–Crippen MR) is 125 cm³/mol. The van der Waals surface area contributed by atoms with E-state index in [-0.39, 0.29) is 30.4 Å². The molecule has 1 spiro atoms. The van der Waals surface area contributed by atoms with Crippen LogP contribution in [0.4, 0.5) is 14.5 Å². The molecule has 7 heteroatoms. The Labute approximate surface area is 195 Å². The van der Waals surface area contributed by atoms with E-state index in [1.807, 2.05) is 38.1 Å². The summed E-state index contributed by atoms with van der Waals surface area (Å²) in [4.78, 5) is 29.6. The minimum Gasteiger partial charge on any atom is -0.310 e. The largest absolute Gasteiger partial charge is 0.310 e. The van der Waals surface area contributed by atoms with E-state index >= 15 is 0 Å². The monoisotopic (exact) mass is 464 g/mol. The molecule has 33 heavy (non-hydrogen) atoms. The van der Waals surface area contributed by atoms with E-state index in [1.165, 1.54) is 47.0 Å². The fourth-order valence-corrected chi connectivity index (χ4v) is 6.40. The van der Waals surface area contributed by atoms with Gasteiger partial charge in [0.25, 0.3) is 11.8 Å². The number of para-hydroxylation sites is 1. The molecule has 168 valence electrons. The number of thioether (sulfide) groups is 1. The molecule has 0 saturated carbocycles. The summed E-state index contributed by atoms with van der Waals surface area (Å²) in [5, 5.41) is 0. The molecule has 1 saturated heterocycles. The maximum atomic E-state index is 14.6. The molecule has 0 aliphatic carbocycles. The molecule has 2 aliphatic heterocycles. The van der Waals surface area contributed by atoms with Crippen molar-refractivity contribution in [3.63, 3.8) is 0 Å². The Bertz CT molecular complexity index is 1260. The number of rotatable bonds is 3. The molecule has 2 heterocycles. The number of hydrogen-bond donors (Lipinski definition) is 0. The Morgan fingerprint density at radius 1 is 0.970 bits per heavy atom. The average molecular weight is 465 g/mol. The quantitative estimate of drug-likeness (QED) is 0.526. The molecular weight excluding hydrogens is 442 g/mol. The van der Waals surface area contributed by atoms with Crippen molar-refractivity contribution in [2.45, 2.75) is 30.0 Å². The number of nitrogens with zero attached hydrogens (tertiary/aromatic N) is 2. The molecule has 3 aromatic carbocycles. The van der Waals surface area contributed by atoms with Crippen molar-refractivity contribution >= 4 is 29.3 Å². The number of halogens is 2. The zero-order valence-electron chi connectivity index (χ0n) is 18.2. The molecule has 1 atom stereocenters. The summed E-state index contributed by atoms with van der Waals surface area (Å²) in [5.41, 5.74) is 2.11. The van der Waals surface area contributed by atoms with Crippen LogP contribution >= 0.6 is 11.8 Å². The van der Waals surface area contributed by atoms with Crippen molar-refractivity contribution in [3.8, 4) is 0 Å². The van der Waals surface area contributed by atoms with Gasteiger partial charge in [-0.25, -0.2) is 8.78 Å². The second kappa shape index (κ2) is 7.70. The van der Waals surface area contributed by atoms with Gasteiger partial charge < -0.3 is 9.80 Å². The highest BCUT2D eigenvalue weighted by Crippen LogP contribution is 2.60. The Balaban J connectivity index is 1.63. The SMILES string of the molecule is CC1(C)CN(C(=O)c2ccccc2F)[C@]2(S1)C(=O)N(Cc1ccc(F)cc1)c1ccccc12. The summed E-state index contributed by atoms with van der Waals surface area (Å²) in [6.45, 7) is 4.48. The zero-order valence-corrected chi connectivity index (χ0v) is 19.0. The second-order valence-corrected chi connectivity index (χ2v) is 10.8. The summed E-state index contributed by atoms with van der Waals surface area (Å²) in [6, 6.07) is 19.2. The van der Waals surface area contributed by atoms with Gasteiger partial charge in [-0.15, -0.1) is 11.8 Å². The molecule has 2 amide bonds. The molecule has 0 radical (unpaired) electrons. The number of anilines is 1. The molecular formula is C26H22F2N2O2S. The highest BCUT2D eigenvalue weighted by Gasteiger charge is 2.63. The van der Waals surface area contributed by atoms with Gasteiger partial charge in [0.1, 0.15) is 11.6 Å². The van der Waals surface area contributed by atoms with Crippen molar-refractivity contribution in [2.75, 3.05) is 11.4 Å². The van der Waals surface area contributed by atoms with Crippen LogP contribution in [0.25, 0.3) is 0 Å². The first-order valence-corrected chi connectivity index (χ1v) is 11.5. The molecule has 0 unspecified atom stereocenters. The minimum atomic E-state index is -1.31. The Morgan fingerprint density at radius 3 is 2.36 bits per heavy atom. The van der Waals surface area contributed by atoms with Crippen LogP contribution in [0.1, 0.15) is 35.3 Å². The molecule has 2 aliphatic rings. The second-order valence-electron chi connectivity index (χ2n) is 8.91. The van der Waals surface area contributed by atoms with Gasteiger partial charge >= 0.3 is 0 Å². The molecule has 3 aromatic rings. The van der Waals surface area contributed by atoms with Crippen molar-refractivity contribution in [1.29, 1.82) is 0 Å². The van der Waals surface area contributed by atoms with Gasteiger partial charge in [0.2, 0.25) is 0 Å². The maximum Gasteiger partial charge on any atom is 0.268 e. The maximum absolute atomic E-state index is 14.6. The lowest BCUT2D eigenvalue weighted by molar-refractivity contribution is -0.123. The first kappa shape index (κ1) is 21.6. The van der Waals surface area contributed by atoms with E-state index in [1.54, 1.807) is 23.1 Å². The van der Waals surface area contributed by atoms with E-state index in [0.717, 1.165) is 5.56 Å². The first-order chi connectivity index (χ1) is 15.7. The van der Waals surface area contributed by atoms with E-state index in [4.69, 9.17) is 0 Å². The van der Waals surface area contributed by atoms with Gasteiger partial charge in [0, 0.05) is 16.9 Å². The third kappa shape index (κ3) is 3.42. The van der Waals surface area contributed by atoms with E-state index in [9.17, 15) is 18.4 Å². The number of hydrogen-bond acceptors (Lipinski definition) is 3. The number of carbonyl (C=O) groups is 2. The van der Waals surface area contributed by atoms with Crippen LogP contribution in [-0.2, 0) is 16.2 Å². The molecule has 0 bridgehead atoms. The van der Waals surface area contributed by atoms with E-state index in [2.05, 4.69) is 0 Å². The fraction of sp³-hybridized carbons (Fsp3) is 0.231. The van der Waals surface area contributed by atoms with E-state index < -0.39 is 21.3 Å². The van der Waals surface area contributed by atoms with Crippen LogP contribution in [0.15, 0.2) is 72.8 Å². The molecule has 0 N–H and O–H groups in total. The van der Waals surface area contributed by atoms with Gasteiger partial charge in [0.15, 0.2) is 4.87 Å². The Hall–Kier alpha value is -3.19. The lowest BCUT2D eigenvalue weighted by atomic mass is 10.0. The van der Waals surface area contributed by atoms with Crippen LogP contribution < -0.4 is 4.90 Å². The van der Waals surface area contributed by atoms with Crippen molar-refractivity contribution in [2.24, 2.45) is 0 Å². The van der Waals surface area contributed by atoms with Crippen molar-refractivity contribution in [3.05, 3.63) is 101 Å². The number of amides is 2. The topological polar surface area (TPSA) is 40.6 Å². The Kier molecular flexibility index (Phi) is 5.05. The van der Waals surface area contributed by atoms with Gasteiger partial charge in [-0.1, -0.05) is 42.5 Å². The van der Waals surface area contributed by atoms with Crippen molar-refractivity contribution < 1.29 is 18.4 Å². The highest BCUT2D eigenvalue weighted by atomic mass is 32.2. The molecule has 0 aromatic heterocycles. The first-order valence-electron chi connectivity index (χ1n) is 10.7. The standard InChI is InChI=1S/C26H22F2N2O2S/c1-25(2)16-30(23(31)19-7-3-5-9-21(19)28)26(33-25)20-8-4-6-10-22(20)29(24(26)32)15-17-11-13-18(27)14-12-17/h3-14H,15-16H2,1-2H3/t26-/m1/s1. The van der Waals surface area contributed by atoms with Gasteiger partial charge in [-0.2, -0.15) is 0 Å². The smallest absolute Gasteiger partial charge is 0.268 e. The van der Waals surface area contributed by atoms with Crippen LogP contribution in [0.2, 0.25) is 0 Å². The fourth-order valence-electron chi connectivity index (χ4n) is 4.67. The van der Waals surface area contributed by atoms with Gasteiger partial charge in [-0.3, -0.25) is 9.59 Å². The van der Waals surface area contributed by atoms with Crippen LogP contribution in [0, 0.1) is 11.6 Å². The summed E-state index contributed by atoms with van der Waals surface area (Å²) in [5.74, 6) is -1.74. The minimum absolute atomic E-state index is 0.0579. The molecule has 5 rings (SSSR count). The summed E-state index contributed by atoms with van der Waals surface area (Å²) < 4.78 is 27.6. The van der Waals surface area contributed by atoms with Crippen LogP contribution in [-0.4, -0.2) is 28.0 Å². The predicted octanol–water partition coefficient (Wildman–Crippen LogP) is 5.33. The van der Waals surface area contributed by atoms with Crippen LogP contribution in [0.5, 0.6) is 0 Å². The zero-order chi connectivity index (χ0) is 23.4. The van der Waals surface area contributed by atoms with Gasteiger partial charge in [0.05, 0.1) is 17.8 Å². The number of fused-ring (bicyclic) bond motifs is 2. The third-order valence-corrected chi connectivity index (χ3v) is 7.63. The normalized spacial score (nSPS) is 21.0. The number of benzene rings is 3. The number of carbonyl (C=O) groups excluding carboxylic acids is 2. The van der Waals surface area contributed by atoms with Gasteiger partial charge in [-0.05, 0) is 49.7 Å². The average Bonchev–Trinajstić information content (AvgIpc) is 3.21. The summed E-state index contributed by atoms with van der Waals surface area (Å²) in [7, 11) is 0. The lowest BCUT2D eigenvalue weighted by Gasteiger charge is -2.33. The van der Waals surface area contributed by atoms with E-state index in [0.29, 0.717) is 11.3 Å². The van der Waals surface area contributed by atoms with Crippen molar-refractivity contribution in [1.82, 2.24) is 4.90 Å². The third-order valence-electron chi connectivity index (χ3n) is 6.04. The summed E-state index contributed by atoms with van der Waals surface area (Å²) in [6.07, 6.45) is 0. The Morgan fingerprint density at radius 2 is 1.64 bits per heavy atom. The molecule has 1 fully saturated rings. The lowest BCUT2D eigenvalue weighted by Crippen LogP contribution is -2.50. The molecule has 4 nitrogen and oxygen atoms in total.